The van der Waals surface area contributed by atoms with E-state index in [4.69, 9.17) is 0 Å². The second-order valence-electron chi connectivity index (χ2n) is 12.5. The normalized spacial score (nSPS) is 11.8. The van der Waals surface area contributed by atoms with Gasteiger partial charge in [0.2, 0.25) is 0 Å². The van der Waals surface area contributed by atoms with Crippen LogP contribution in [-0.2, 0) is 0 Å². The van der Waals surface area contributed by atoms with Crippen LogP contribution >= 0.6 is 0 Å². The molecule has 8 aromatic carbocycles. The third-order valence-electron chi connectivity index (χ3n) is 9.92. The average molecular weight is 611 g/mol. The minimum absolute atomic E-state index is 1.12. The Morgan fingerprint density at radius 2 is 0.771 bits per heavy atom. The molecule has 9 aromatic rings. The Balaban J connectivity index is 1.19. The van der Waals surface area contributed by atoms with Crippen LogP contribution in [0.25, 0.3) is 71.6 Å². The van der Waals surface area contributed by atoms with Crippen LogP contribution < -0.4 is 4.90 Å². The first kappa shape index (κ1) is 26.8. The predicted molar refractivity (Wildman–Crippen MR) is 203 cm³/mol. The fourth-order valence-electron chi connectivity index (χ4n) is 7.91. The first-order valence-electron chi connectivity index (χ1n) is 16.5. The predicted octanol–water partition coefficient (Wildman–Crippen LogP) is 12.7. The van der Waals surface area contributed by atoms with Crippen molar-refractivity contribution in [2.45, 2.75) is 0 Å². The van der Waals surface area contributed by atoms with Crippen molar-refractivity contribution in [3.05, 3.63) is 182 Å². The van der Waals surface area contributed by atoms with Crippen LogP contribution in [0.4, 0.5) is 17.1 Å². The molecule has 1 aliphatic carbocycles. The average Bonchev–Trinajstić information content (AvgIpc) is 3.44. The summed E-state index contributed by atoms with van der Waals surface area (Å²) in [5, 5.41) is 5.24. The molecule has 2 nitrogen and oxygen atoms in total. The molecule has 0 fully saturated rings. The highest BCUT2D eigenvalue weighted by atomic mass is 15.1. The van der Waals surface area contributed by atoms with Crippen LogP contribution in [0, 0.1) is 0 Å². The van der Waals surface area contributed by atoms with Crippen LogP contribution in [-0.4, -0.2) is 4.57 Å². The van der Waals surface area contributed by atoms with Crippen molar-refractivity contribution in [1.29, 1.82) is 0 Å². The highest BCUT2D eigenvalue weighted by molar-refractivity contribution is 6.28. The highest BCUT2D eigenvalue weighted by Gasteiger charge is 2.25. The summed E-state index contributed by atoms with van der Waals surface area (Å²) in [6.07, 6.45) is 0. The van der Waals surface area contributed by atoms with Gasteiger partial charge in [0.1, 0.15) is 0 Å². The first-order valence-corrected chi connectivity index (χ1v) is 16.5. The number of aromatic nitrogens is 1. The Morgan fingerprint density at radius 1 is 0.312 bits per heavy atom. The topological polar surface area (TPSA) is 8.17 Å². The van der Waals surface area contributed by atoms with E-state index in [9.17, 15) is 0 Å². The van der Waals surface area contributed by atoms with Gasteiger partial charge in [0.05, 0.1) is 11.0 Å². The van der Waals surface area contributed by atoms with Crippen molar-refractivity contribution in [2.24, 2.45) is 0 Å². The van der Waals surface area contributed by atoms with E-state index >= 15 is 0 Å². The molecule has 0 saturated heterocycles. The zero-order valence-corrected chi connectivity index (χ0v) is 26.2. The van der Waals surface area contributed by atoms with Crippen molar-refractivity contribution in [1.82, 2.24) is 4.57 Å². The number of para-hydroxylation sites is 2. The van der Waals surface area contributed by atoms with E-state index in [1.165, 1.54) is 66.0 Å². The Kier molecular flexibility index (Phi) is 5.91. The Morgan fingerprint density at radius 3 is 1.35 bits per heavy atom. The van der Waals surface area contributed by atoms with Crippen molar-refractivity contribution in [3.8, 4) is 39.1 Å². The molecule has 0 aliphatic heterocycles. The zero-order valence-electron chi connectivity index (χ0n) is 26.2. The van der Waals surface area contributed by atoms with E-state index in [1.54, 1.807) is 0 Å². The maximum atomic E-state index is 2.44. The van der Waals surface area contributed by atoms with Crippen LogP contribution in [0.1, 0.15) is 0 Å². The number of anilines is 3. The third-order valence-corrected chi connectivity index (χ3v) is 9.92. The smallest absolute Gasteiger partial charge is 0.0547 e. The summed E-state index contributed by atoms with van der Waals surface area (Å²) >= 11 is 0. The van der Waals surface area contributed by atoms with Gasteiger partial charge in [0, 0.05) is 33.5 Å². The van der Waals surface area contributed by atoms with Gasteiger partial charge < -0.3 is 9.47 Å². The van der Waals surface area contributed by atoms with Crippen LogP contribution in [0.5, 0.6) is 0 Å². The minimum atomic E-state index is 1.12. The van der Waals surface area contributed by atoms with Gasteiger partial charge in [0.25, 0.3) is 0 Å². The molecule has 48 heavy (non-hydrogen) atoms. The van der Waals surface area contributed by atoms with Crippen molar-refractivity contribution >= 4 is 49.6 Å². The van der Waals surface area contributed by atoms with Gasteiger partial charge in [-0.3, -0.25) is 0 Å². The summed E-state index contributed by atoms with van der Waals surface area (Å²) in [5.41, 5.74) is 14.6. The van der Waals surface area contributed by atoms with Crippen molar-refractivity contribution < 1.29 is 0 Å². The van der Waals surface area contributed by atoms with Crippen LogP contribution in [0.15, 0.2) is 182 Å². The number of hydrogen-bond acceptors (Lipinski definition) is 1. The van der Waals surface area contributed by atoms with E-state index in [0.29, 0.717) is 0 Å². The summed E-state index contributed by atoms with van der Waals surface area (Å²) in [4.78, 5) is 2.31. The number of benzene rings is 8. The lowest BCUT2D eigenvalue weighted by molar-refractivity contribution is 1.17. The zero-order chi connectivity index (χ0) is 31.6. The van der Waals surface area contributed by atoms with E-state index < -0.39 is 0 Å². The molecule has 0 spiro atoms. The van der Waals surface area contributed by atoms with Crippen molar-refractivity contribution in [3.63, 3.8) is 0 Å². The van der Waals surface area contributed by atoms with E-state index in [0.717, 1.165) is 22.7 Å². The van der Waals surface area contributed by atoms with Crippen molar-refractivity contribution in [2.75, 3.05) is 4.90 Å². The van der Waals surface area contributed by atoms with Gasteiger partial charge in [-0.2, -0.15) is 0 Å². The second-order valence-corrected chi connectivity index (χ2v) is 12.5. The molecule has 0 N–H and O–H groups in total. The van der Waals surface area contributed by atoms with Crippen LogP contribution in [0.2, 0.25) is 0 Å². The summed E-state index contributed by atoms with van der Waals surface area (Å²) in [5.74, 6) is 0. The SMILES string of the molecule is c1ccc(-c2ccc3c4c(cccc24)-c2cccc4c2c2c-3cccc2n4-c2ccc(N(c3ccccc3)c3ccccc3)cc2)cc1. The monoisotopic (exact) mass is 610 g/mol. The molecular formula is C46H30N2. The molecule has 0 saturated carbocycles. The van der Waals surface area contributed by atoms with E-state index in [-0.39, 0.29) is 0 Å². The molecule has 224 valence electrons. The Hall–Kier alpha value is -6.38. The second kappa shape index (κ2) is 10.6. The summed E-state index contributed by atoms with van der Waals surface area (Å²) in [6, 6.07) is 66.0. The van der Waals surface area contributed by atoms with Gasteiger partial charge in [-0.15, -0.1) is 0 Å². The lowest BCUT2D eigenvalue weighted by atomic mass is 9.89. The molecule has 1 aliphatic rings. The molecule has 2 heteroatoms. The number of rotatable bonds is 5. The third kappa shape index (κ3) is 3.93. The lowest BCUT2D eigenvalue weighted by Crippen LogP contribution is -2.09. The molecule has 0 unspecified atom stereocenters. The van der Waals surface area contributed by atoms with E-state index in [2.05, 4.69) is 191 Å². The molecule has 1 heterocycles. The maximum Gasteiger partial charge on any atom is 0.0547 e. The lowest BCUT2D eigenvalue weighted by Gasteiger charge is -2.25. The van der Waals surface area contributed by atoms with Gasteiger partial charge in [-0.1, -0.05) is 121 Å². The molecule has 0 amide bonds. The highest BCUT2D eigenvalue weighted by Crippen LogP contribution is 2.50. The minimum Gasteiger partial charge on any atom is -0.311 e. The number of nitrogens with zero attached hydrogens (tertiary/aromatic N) is 2. The maximum absolute atomic E-state index is 2.44. The quantitative estimate of drug-likeness (QED) is 0.188. The van der Waals surface area contributed by atoms with E-state index in [1.807, 2.05) is 0 Å². The summed E-state index contributed by atoms with van der Waals surface area (Å²) < 4.78 is 2.44. The molecule has 10 rings (SSSR count). The molecule has 1 aromatic heterocycles. The molecular weight excluding hydrogens is 581 g/mol. The summed E-state index contributed by atoms with van der Waals surface area (Å²) in [7, 11) is 0. The molecule has 0 atom stereocenters. The Labute approximate surface area is 279 Å². The summed E-state index contributed by atoms with van der Waals surface area (Å²) in [6.45, 7) is 0. The van der Waals surface area contributed by atoms with Gasteiger partial charge in [0.15, 0.2) is 0 Å². The largest absolute Gasteiger partial charge is 0.311 e. The fraction of sp³-hybridized carbons (Fsp3) is 0. The molecule has 0 radical (unpaired) electrons. The number of hydrogen-bond donors (Lipinski definition) is 0. The number of fused-ring (bicyclic) bond motifs is 2. The van der Waals surface area contributed by atoms with Crippen LogP contribution in [0.3, 0.4) is 0 Å². The Bertz CT molecular complexity index is 2530. The van der Waals surface area contributed by atoms with Gasteiger partial charge in [-0.25, -0.2) is 0 Å². The first-order chi connectivity index (χ1) is 23.8. The van der Waals surface area contributed by atoms with Gasteiger partial charge >= 0.3 is 0 Å². The van der Waals surface area contributed by atoms with Gasteiger partial charge in [-0.05, 0) is 105 Å². The standard InChI is InChI=1S/C46H30N2/c1-4-13-31(14-5-1)36-29-30-41-40-22-12-24-43-46(40)45-39(38-20-10-19-37(36)44(38)41)21-11-23-42(45)48(43)35-27-25-34(26-28-35)47(32-15-6-2-7-16-32)33-17-8-3-9-18-33/h1-30H. The fourth-order valence-corrected chi connectivity index (χ4v) is 7.91. The molecule has 0 bridgehead atoms.